The molecule has 5 nitrogen and oxygen atoms in total. The summed E-state index contributed by atoms with van der Waals surface area (Å²) in [5.74, 6) is 0. The fourth-order valence-electron chi connectivity index (χ4n) is 1.28. The lowest BCUT2D eigenvalue weighted by molar-refractivity contribution is -0.383. The Labute approximate surface area is 97.8 Å². The molecule has 0 saturated heterocycles. The number of likely N-dealkylation sites (N-methyl/N-ethyl adjacent to an activating group) is 1. The van der Waals surface area contributed by atoms with E-state index in [1.165, 1.54) is 17.4 Å². The quantitative estimate of drug-likeness (QED) is 0.489. The van der Waals surface area contributed by atoms with E-state index < -0.39 is 11.0 Å². The molecule has 6 heteroatoms. The SMILES string of the molecule is C=CCN(C)c1sc(C(C)O)cc1[N+](=O)[O-]. The predicted octanol–water partition coefficient (Wildman–Crippen LogP) is 2.33. The molecule has 1 heterocycles. The van der Waals surface area contributed by atoms with Crippen molar-refractivity contribution in [2.45, 2.75) is 13.0 Å². The first-order valence-electron chi connectivity index (χ1n) is 4.75. The van der Waals surface area contributed by atoms with Crippen molar-refractivity contribution in [3.8, 4) is 0 Å². The van der Waals surface area contributed by atoms with E-state index in [2.05, 4.69) is 6.58 Å². The molecule has 0 radical (unpaired) electrons. The fourth-order valence-corrected chi connectivity index (χ4v) is 2.31. The molecular weight excluding hydrogens is 228 g/mol. The van der Waals surface area contributed by atoms with Gasteiger partial charge in [-0.25, -0.2) is 0 Å². The van der Waals surface area contributed by atoms with Gasteiger partial charge in [0, 0.05) is 24.5 Å². The van der Waals surface area contributed by atoms with Crippen molar-refractivity contribution in [1.29, 1.82) is 0 Å². The van der Waals surface area contributed by atoms with E-state index in [1.54, 1.807) is 24.9 Å². The predicted molar refractivity (Wildman–Crippen MR) is 65.1 cm³/mol. The Morgan fingerprint density at radius 1 is 1.81 bits per heavy atom. The second-order valence-corrected chi connectivity index (χ2v) is 4.50. The van der Waals surface area contributed by atoms with Crippen LogP contribution in [0.15, 0.2) is 18.7 Å². The summed E-state index contributed by atoms with van der Waals surface area (Å²) in [7, 11) is 1.76. The average molecular weight is 242 g/mol. The second-order valence-electron chi connectivity index (χ2n) is 3.44. The highest BCUT2D eigenvalue weighted by atomic mass is 32.1. The van der Waals surface area contributed by atoms with Gasteiger partial charge in [0.05, 0.1) is 11.0 Å². The van der Waals surface area contributed by atoms with Crippen molar-refractivity contribution in [3.63, 3.8) is 0 Å². The zero-order valence-corrected chi connectivity index (χ0v) is 10.0. The van der Waals surface area contributed by atoms with Gasteiger partial charge in [-0.15, -0.1) is 17.9 Å². The van der Waals surface area contributed by atoms with E-state index in [-0.39, 0.29) is 5.69 Å². The molecule has 1 atom stereocenters. The number of hydrogen-bond acceptors (Lipinski definition) is 5. The summed E-state index contributed by atoms with van der Waals surface area (Å²) in [6.07, 6.45) is 0.987. The number of aliphatic hydroxyl groups is 1. The van der Waals surface area contributed by atoms with E-state index in [0.717, 1.165) is 0 Å². The third kappa shape index (κ3) is 2.59. The smallest absolute Gasteiger partial charge is 0.304 e. The maximum absolute atomic E-state index is 10.8. The van der Waals surface area contributed by atoms with Crippen LogP contribution in [0.1, 0.15) is 17.9 Å². The Morgan fingerprint density at radius 2 is 2.44 bits per heavy atom. The highest BCUT2D eigenvalue weighted by Gasteiger charge is 2.23. The summed E-state index contributed by atoms with van der Waals surface area (Å²) in [5.41, 5.74) is 0.0326. The molecule has 1 aromatic rings. The standard InChI is InChI=1S/C10H14N2O3S/c1-4-5-11(3)10-8(12(14)15)6-9(16-10)7(2)13/h4,6-7,13H,1,5H2,2-3H3. The molecule has 16 heavy (non-hydrogen) atoms. The number of aliphatic hydroxyl groups excluding tert-OH is 1. The Morgan fingerprint density at radius 3 is 2.88 bits per heavy atom. The molecule has 0 aliphatic heterocycles. The van der Waals surface area contributed by atoms with Crippen LogP contribution in [0.3, 0.4) is 0 Å². The lowest BCUT2D eigenvalue weighted by Gasteiger charge is -2.13. The van der Waals surface area contributed by atoms with Crippen molar-refractivity contribution in [2.75, 3.05) is 18.5 Å². The largest absolute Gasteiger partial charge is 0.388 e. The molecule has 0 aliphatic rings. The summed E-state index contributed by atoms with van der Waals surface area (Å²) >= 11 is 1.23. The zero-order chi connectivity index (χ0) is 12.3. The number of rotatable bonds is 5. The van der Waals surface area contributed by atoms with Crippen molar-refractivity contribution in [3.05, 3.63) is 33.7 Å². The van der Waals surface area contributed by atoms with E-state index in [1.807, 2.05) is 0 Å². The second kappa shape index (κ2) is 5.09. The Balaban J connectivity index is 3.14. The Kier molecular flexibility index (Phi) is 4.03. The van der Waals surface area contributed by atoms with Gasteiger partial charge in [0.15, 0.2) is 5.00 Å². The van der Waals surface area contributed by atoms with Crippen LogP contribution in [0.4, 0.5) is 10.7 Å². The first kappa shape index (κ1) is 12.7. The van der Waals surface area contributed by atoms with E-state index in [0.29, 0.717) is 16.4 Å². The van der Waals surface area contributed by atoms with E-state index in [4.69, 9.17) is 0 Å². The highest BCUT2D eigenvalue weighted by molar-refractivity contribution is 7.16. The molecule has 0 saturated carbocycles. The van der Waals surface area contributed by atoms with Gasteiger partial charge in [-0.1, -0.05) is 6.08 Å². The molecule has 1 N–H and O–H groups in total. The fraction of sp³-hybridized carbons (Fsp3) is 0.400. The number of hydrogen-bond donors (Lipinski definition) is 1. The maximum atomic E-state index is 10.8. The third-order valence-corrected chi connectivity index (χ3v) is 3.48. The molecule has 0 aromatic carbocycles. The average Bonchev–Trinajstić information content (AvgIpc) is 2.62. The molecule has 1 rings (SSSR count). The first-order chi connectivity index (χ1) is 7.47. The number of anilines is 1. The van der Waals surface area contributed by atoms with Crippen molar-refractivity contribution in [1.82, 2.24) is 0 Å². The molecule has 1 aromatic heterocycles. The van der Waals surface area contributed by atoms with Crippen LogP contribution in [-0.4, -0.2) is 23.6 Å². The number of thiophene rings is 1. The van der Waals surface area contributed by atoms with Crippen LogP contribution in [0.5, 0.6) is 0 Å². The molecule has 0 bridgehead atoms. The van der Waals surface area contributed by atoms with Gasteiger partial charge in [0.25, 0.3) is 0 Å². The van der Waals surface area contributed by atoms with Gasteiger partial charge in [-0.3, -0.25) is 10.1 Å². The van der Waals surface area contributed by atoms with Gasteiger partial charge in [0.1, 0.15) is 0 Å². The van der Waals surface area contributed by atoms with Gasteiger partial charge in [-0.2, -0.15) is 0 Å². The molecule has 0 spiro atoms. The highest BCUT2D eigenvalue weighted by Crippen LogP contribution is 2.39. The van der Waals surface area contributed by atoms with Crippen LogP contribution >= 0.6 is 11.3 Å². The van der Waals surface area contributed by atoms with Gasteiger partial charge < -0.3 is 10.0 Å². The summed E-state index contributed by atoms with van der Waals surface area (Å²) in [6.45, 7) is 5.70. The molecule has 1 unspecified atom stereocenters. The van der Waals surface area contributed by atoms with Crippen LogP contribution in [0.2, 0.25) is 0 Å². The summed E-state index contributed by atoms with van der Waals surface area (Å²) < 4.78 is 0. The first-order valence-corrected chi connectivity index (χ1v) is 5.57. The third-order valence-electron chi connectivity index (χ3n) is 2.07. The zero-order valence-electron chi connectivity index (χ0n) is 9.21. The minimum atomic E-state index is -0.686. The lowest BCUT2D eigenvalue weighted by Crippen LogP contribution is -2.16. The van der Waals surface area contributed by atoms with Crippen LogP contribution in [-0.2, 0) is 0 Å². The summed E-state index contributed by atoms with van der Waals surface area (Å²) in [4.78, 5) is 12.7. The van der Waals surface area contributed by atoms with Crippen molar-refractivity contribution >= 4 is 22.0 Å². The minimum absolute atomic E-state index is 0.0326. The number of nitrogens with zero attached hydrogens (tertiary/aromatic N) is 2. The monoisotopic (exact) mass is 242 g/mol. The molecule has 0 amide bonds. The van der Waals surface area contributed by atoms with Crippen molar-refractivity contribution in [2.24, 2.45) is 0 Å². The topological polar surface area (TPSA) is 66.6 Å². The number of nitro groups is 1. The summed E-state index contributed by atoms with van der Waals surface area (Å²) in [5, 5.41) is 20.8. The van der Waals surface area contributed by atoms with Crippen LogP contribution < -0.4 is 4.90 Å². The van der Waals surface area contributed by atoms with Gasteiger partial charge in [-0.05, 0) is 6.92 Å². The van der Waals surface area contributed by atoms with Crippen LogP contribution in [0.25, 0.3) is 0 Å². The van der Waals surface area contributed by atoms with Crippen LogP contribution in [0, 0.1) is 10.1 Å². The van der Waals surface area contributed by atoms with E-state index in [9.17, 15) is 15.2 Å². The lowest BCUT2D eigenvalue weighted by atomic mass is 10.3. The molecule has 88 valence electrons. The van der Waals surface area contributed by atoms with Crippen molar-refractivity contribution < 1.29 is 10.0 Å². The minimum Gasteiger partial charge on any atom is -0.388 e. The Bertz CT molecular complexity index is 401. The maximum Gasteiger partial charge on any atom is 0.304 e. The van der Waals surface area contributed by atoms with Gasteiger partial charge in [0.2, 0.25) is 0 Å². The van der Waals surface area contributed by atoms with Gasteiger partial charge >= 0.3 is 5.69 Å². The summed E-state index contributed by atoms with van der Waals surface area (Å²) in [6, 6.07) is 1.42. The normalized spacial score (nSPS) is 12.2. The van der Waals surface area contributed by atoms with E-state index >= 15 is 0 Å². The molecule has 0 fully saturated rings. The molecular formula is C10H14N2O3S. The Hall–Kier alpha value is -1.40. The molecule has 0 aliphatic carbocycles.